The molecule has 3 heteroatoms. The van der Waals surface area contributed by atoms with E-state index in [1.165, 1.54) is 9.13 Å². The Morgan fingerprint density at radius 2 is 2.00 bits per heavy atom. The van der Waals surface area contributed by atoms with Crippen molar-refractivity contribution < 1.29 is 0 Å². The van der Waals surface area contributed by atoms with Gasteiger partial charge in [0, 0.05) is 16.0 Å². The molecular formula is C13H17IN2. The van der Waals surface area contributed by atoms with Gasteiger partial charge in [0.25, 0.3) is 0 Å². The summed E-state index contributed by atoms with van der Waals surface area (Å²) in [5, 5.41) is 11.9. The lowest BCUT2D eigenvalue weighted by Crippen LogP contribution is -2.19. The molecule has 0 radical (unpaired) electrons. The molecule has 0 fully saturated rings. The molecule has 0 aliphatic heterocycles. The second-order valence-corrected chi connectivity index (χ2v) is 5.09. The monoisotopic (exact) mass is 328 g/mol. The van der Waals surface area contributed by atoms with Crippen molar-refractivity contribution in [3.05, 3.63) is 33.4 Å². The summed E-state index contributed by atoms with van der Waals surface area (Å²) in [6, 6.07) is 11.1. The summed E-state index contributed by atoms with van der Waals surface area (Å²) in [7, 11) is 0. The van der Waals surface area contributed by atoms with E-state index in [2.05, 4.69) is 65.2 Å². The van der Waals surface area contributed by atoms with Gasteiger partial charge in [-0.2, -0.15) is 5.26 Å². The van der Waals surface area contributed by atoms with Crippen molar-refractivity contribution in [1.82, 2.24) is 5.32 Å². The van der Waals surface area contributed by atoms with Crippen LogP contribution in [0.4, 0.5) is 0 Å². The van der Waals surface area contributed by atoms with Crippen LogP contribution in [0.3, 0.4) is 0 Å². The fourth-order valence-corrected chi connectivity index (χ4v) is 1.88. The molecule has 0 aliphatic rings. The van der Waals surface area contributed by atoms with E-state index in [1.54, 1.807) is 0 Å². The number of rotatable bonds is 6. The smallest absolute Gasteiger partial charge is 0.0621 e. The summed E-state index contributed by atoms with van der Waals surface area (Å²) >= 11 is 2.31. The Bertz CT molecular complexity index is 340. The van der Waals surface area contributed by atoms with Crippen molar-refractivity contribution in [3.63, 3.8) is 0 Å². The molecule has 1 unspecified atom stereocenters. The van der Waals surface area contributed by atoms with Crippen LogP contribution in [-0.4, -0.2) is 6.54 Å². The van der Waals surface area contributed by atoms with Crippen molar-refractivity contribution >= 4 is 22.6 Å². The average Bonchev–Trinajstić information content (AvgIpc) is 2.29. The predicted molar refractivity (Wildman–Crippen MR) is 75.0 cm³/mol. The van der Waals surface area contributed by atoms with Crippen molar-refractivity contribution in [2.45, 2.75) is 32.2 Å². The molecule has 0 aromatic heterocycles. The second kappa shape index (κ2) is 7.64. The largest absolute Gasteiger partial charge is 0.310 e. The third kappa shape index (κ3) is 4.95. The van der Waals surface area contributed by atoms with E-state index in [1.807, 2.05) is 0 Å². The zero-order chi connectivity index (χ0) is 11.8. The molecule has 1 aromatic carbocycles. The van der Waals surface area contributed by atoms with Crippen molar-refractivity contribution in [2.75, 3.05) is 6.54 Å². The first-order valence-electron chi connectivity index (χ1n) is 5.60. The minimum absolute atomic E-state index is 0.388. The number of unbranched alkanes of at least 4 members (excludes halogenated alkanes) is 2. The average molecular weight is 328 g/mol. The third-order valence-electron chi connectivity index (χ3n) is 2.54. The summed E-state index contributed by atoms with van der Waals surface area (Å²) in [5.74, 6) is 0. The van der Waals surface area contributed by atoms with Gasteiger partial charge in [0.2, 0.25) is 0 Å². The molecule has 1 atom stereocenters. The van der Waals surface area contributed by atoms with Crippen LogP contribution in [0, 0.1) is 14.9 Å². The number of hydrogen-bond donors (Lipinski definition) is 1. The Balaban J connectivity index is 2.27. The number of nitrogens with one attached hydrogen (secondary N) is 1. The Hall–Kier alpha value is -0.600. The lowest BCUT2D eigenvalue weighted by Gasteiger charge is -2.13. The SMILES string of the molecule is CC(NCCCCC#N)c1ccc(I)cc1. The van der Waals surface area contributed by atoms with Crippen LogP contribution in [0.1, 0.15) is 37.8 Å². The zero-order valence-corrected chi connectivity index (χ0v) is 11.7. The summed E-state index contributed by atoms with van der Waals surface area (Å²) < 4.78 is 1.27. The van der Waals surface area contributed by atoms with Crippen molar-refractivity contribution in [1.29, 1.82) is 5.26 Å². The maximum atomic E-state index is 8.41. The van der Waals surface area contributed by atoms with Gasteiger partial charge in [0.1, 0.15) is 0 Å². The predicted octanol–water partition coefficient (Wildman–Crippen LogP) is 3.64. The van der Waals surface area contributed by atoms with Gasteiger partial charge < -0.3 is 5.32 Å². The van der Waals surface area contributed by atoms with Gasteiger partial charge in [-0.05, 0) is 66.6 Å². The topological polar surface area (TPSA) is 35.8 Å². The maximum Gasteiger partial charge on any atom is 0.0621 e. The molecule has 0 saturated carbocycles. The number of benzene rings is 1. The number of nitrogens with zero attached hydrogens (tertiary/aromatic N) is 1. The molecular weight excluding hydrogens is 311 g/mol. The molecule has 1 rings (SSSR count). The molecule has 1 N–H and O–H groups in total. The highest BCUT2D eigenvalue weighted by molar-refractivity contribution is 14.1. The molecule has 0 amide bonds. The molecule has 0 aliphatic carbocycles. The van der Waals surface area contributed by atoms with E-state index in [4.69, 9.17) is 5.26 Å². The van der Waals surface area contributed by atoms with Crippen LogP contribution in [0.25, 0.3) is 0 Å². The summed E-state index contributed by atoms with van der Waals surface area (Å²) in [5.41, 5.74) is 1.32. The fourth-order valence-electron chi connectivity index (χ4n) is 1.52. The highest BCUT2D eigenvalue weighted by atomic mass is 127. The van der Waals surface area contributed by atoms with Gasteiger partial charge in [0.05, 0.1) is 6.07 Å². The Labute approximate surface area is 111 Å². The first-order valence-corrected chi connectivity index (χ1v) is 6.67. The summed E-state index contributed by atoms with van der Waals surface area (Å²) in [4.78, 5) is 0. The Kier molecular flexibility index (Phi) is 6.43. The Morgan fingerprint density at radius 1 is 1.31 bits per heavy atom. The van der Waals surface area contributed by atoms with Crippen LogP contribution in [0.15, 0.2) is 24.3 Å². The molecule has 1 aromatic rings. The summed E-state index contributed by atoms with van der Waals surface area (Å²) in [6.45, 7) is 3.15. The highest BCUT2D eigenvalue weighted by Gasteiger charge is 2.03. The van der Waals surface area contributed by atoms with Gasteiger partial charge in [-0.25, -0.2) is 0 Å². The van der Waals surface area contributed by atoms with Gasteiger partial charge in [0.15, 0.2) is 0 Å². The van der Waals surface area contributed by atoms with Gasteiger partial charge >= 0.3 is 0 Å². The normalized spacial score (nSPS) is 12.1. The lowest BCUT2D eigenvalue weighted by atomic mass is 10.1. The zero-order valence-electron chi connectivity index (χ0n) is 9.54. The molecule has 86 valence electrons. The van der Waals surface area contributed by atoms with Crippen LogP contribution < -0.4 is 5.32 Å². The van der Waals surface area contributed by atoms with Gasteiger partial charge in [-0.3, -0.25) is 0 Å². The first-order chi connectivity index (χ1) is 7.74. The number of halogens is 1. The minimum Gasteiger partial charge on any atom is -0.310 e. The van der Waals surface area contributed by atoms with Crippen molar-refractivity contribution in [3.8, 4) is 6.07 Å². The molecule has 0 bridgehead atoms. The maximum absolute atomic E-state index is 8.41. The van der Waals surface area contributed by atoms with Crippen molar-refractivity contribution in [2.24, 2.45) is 0 Å². The quantitative estimate of drug-likeness (QED) is 0.639. The number of hydrogen-bond acceptors (Lipinski definition) is 2. The third-order valence-corrected chi connectivity index (χ3v) is 3.26. The minimum atomic E-state index is 0.388. The molecule has 16 heavy (non-hydrogen) atoms. The van der Waals surface area contributed by atoms with E-state index in [0.717, 1.165) is 19.4 Å². The lowest BCUT2D eigenvalue weighted by molar-refractivity contribution is 0.549. The van der Waals surface area contributed by atoms with E-state index in [0.29, 0.717) is 12.5 Å². The molecule has 0 spiro atoms. The van der Waals surface area contributed by atoms with Crippen LogP contribution in [0.5, 0.6) is 0 Å². The first kappa shape index (κ1) is 13.5. The van der Waals surface area contributed by atoms with E-state index < -0.39 is 0 Å². The van der Waals surface area contributed by atoms with E-state index >= 15 is 0 Å². The van der Waals surface area contributed by atoms with Gasteiger partial charge in [-0.1, -0.05) is 12.1 Å². The van der Waals surface area contributed by atoms with Crippen LogP contribution in [-0.2, 0) is 0 Å². The molecule has 2 nitrogen and oxygen atoms in total. The van der Waals surface area contributed by atoms with E-state index in [9.17, 15) is 0 Å². The van der Waals surface area contributed by atoms with Gasteiger partial charge in [-0.15, -0.1) is 0 Å². The summed E-state index contributed by atoms with van der Waals surface area (Å²) in [6.07, 6.45) is 2.73. The molecule has 0 saturated heterocycles. The van der Waals surface area contributed by atoms with E-state index in [-0.39, 0.29) is 0 Å². The van der Waals surface area contributed by atoms with Crippen LogP contribution >= 0.6 is 22.6 Å². The second-order valence-electron chi connectivity index (χ2n) is 3.84. The number of nitriles is 1. The fraction of sp³-hybridized carbons (Fsp3) is 0.462. The molecule has 0 heterocycles. The standard InChI is InChI=1S/C13H17IN2/c1-11(16-10-4-2-3-9-15)12-5-7-13(14)8-6-12/h5-8,11,16H,2-4,10H2,1H3. The van der Waals surface area contributed by atoms with Crippen LogP contribution in [0.2, 0.25) is 0 Å². The Morgan fingerprint density at radius 3 is 2.62 bits per heavy atom. The highest BCUT2D eigenvalue weighted by Crippen LogP contribution is 2.14.